The van der Waals surface area contributed by atoms with Gasteiger partial charge < -0.3 is 9.47 Å². The van der Waals surface area contributed by atoms with Crippen molar-refractivity contribution in [2.24, 2.45) is 0 Å². The molecule has 2 heterocycles. The van der Waals surface area contributed by atoms with Crippen LogP contribution in [0.3, 0.4) is 0 Å². The number of aryl methyl sites for hydroxylation is 3. The fourth-order valence-electron chi connectivity index (χ4n) is 3.66. The van der Waals surface area contributed by atoms with E-state index in [9.17, 15) is 9.59 Å². The molecule has 2 aromatic carbocycles. The molecule has 4 rings (SSSR count). The van der Waals surface area contributed by atoms with Gasteiger partial charge in [-0.15, -0.1) is 11.3 Å². The van der Waals surface area contributed by atoms with E-state index < -0.39 is 0 Å². The second kappa shape index (κ2) is 9.71. The molecule has 0 saturated heterocycles. The van der Waals surface area contributed by atoms with Crippen LogP contribution in [0, 0.1) is 0 Å². The number of para-hydroxylation sites is 2. The first-order valence-electron chi connectivity index (χ1n) is 10.4. The van der Waals surface area contributed by atoms with E-state index in [1.54, 1.807) is 27.9 Å². The largest absolute Gasteiger partial charge is 0.341 e. The van der Waals surface area contributed by atoms with Crippen molar-refractivity contribution in [3.05, 3.63) is 98.6 Å². The number of amides is 1. The molecule has 0 spiro atoms. The normalized spacial score (nSPS) is 11.0. The summed E-state index contributed by atoms with van der Waals surface area (Å²) in [5.74, 6) is 0.0126. The van der Waals surface area contributed by atoms with Gasteiger partial charge in [0, 0.05) is 31.3 Å². The minimum absolute atomic E-state index is 0.0126. The van der Waals surface area contributed by atoms with Gasteiger partial charge in [0.1, 0.15) is 5.69 Å². The van der Waals surface area contributed by atoms with Gasteiger partial charge in [0.15, 0.2) is 0 Å². The van der Waals surface area contributed by atoms with E-state index in [0.29, 0.717) is 25.2 Å². The first-order valence-corrected chi connectivity index (χ1v) is 11.3. The van der Waals surface area contributed by atoms with Crippen LogP contribution in [0.1, 0.15) is 22.6 Å². The van der Waals surface area contributed by atoms with Gasteiger partial charge in [-0.25, -0.2) is 4.98 Å². The third-order valence-electron chi connectivity index (χ3n) is 5.36. The number of fused-ring (bicyclic) bond motifs is 1. The van der Waals surface area contributed by atoms with E-state index in [2.05, 4.69) is 17.1 Å². The Morgan fingerprint density at radius 2 is 1.77 bits per heavy atom. The third-order valence-corrected chi connectivity index (χ3v) is 6.22. The lowest BCUT2D eigenvalue weighted by Gasteiger charge is -2.16. The van der Waals surface area contributed by atoms with Crippen LogP contribution in [0.25, 0.3) is 11.0 Å². The number of nitrogens with zero attached hydrogens (tertiary/aromatic N) is 3. The van der Waals surface area contributed by atoms with Gasteiger partial charge in [0.05, 0.1) is 17.6 Å². The molecule has 2 aromatic heterocycles. The lowest BCUT2D eigenvalue weighted by atomic mass is 10.1. The molecule has 0 N–H and O–H groups in total. The average Bonchev–Trinajstić information content (AvgIpc) is 3.30. The zero-order valence-corrected chi connectivity index (χ0v) is 18.3. The van der Waals surface area contributed by atoms with Crippen molar-refractivity contribution in [2.75, 3.05) is 7.05 Å². The average molecular weight is 432 g/mol. The summed E-state index contributed by atoms with van der Waals surface area (Å²) < 4.78 is 1.80. The first kappa shape index (κ1) is 21.0. The highest BCUT2D eigenvalue weighted by Gasteiger charge is 2.15. The van der Waals surface area contributed by atoms with E-state index in [1.807, 2.05) is 60.0 Å². The number of carbonyl (C=O) groups excluding carboxylic acids is 1. The van der Waals surface area contributed by atoms with Crippen molar-refractivity contribution >= 4 is 28.3 Å². The molecule has 6 heteroatoms. The molecule has 1 amide bonds. The maximum atomic E-state index is 13.2. The number of rotatable bonds is 8. The minimum Gasteiger partial charge on any atom is -0.341 e. The molecule has 0 atom stereocenters. The molecule has 0 saturated carbocycles. The second-order valence-electron chi connectivity index (χ2n) is 7.57. The summed E-state index contributed by atoms with van der Waals surface area (Å²) in [6.45, 7) is 1.16. The van der Waals surface area contributed by atoms with Gasteiger partial charge >= 0.3 is 0 Å². The molecule has 4 aromatic rings. The topological polar surface area (TPSA) is 55.2 Å². The van der Waals surface area contributed by atoms with Gasteiger partial charge in [0.2, 0.25) is 5.91 Å². The predicted octanol–water partition coefficient (Wildman–Crippen LogP) is 4.29. The highest BCUT2D eigenvalue weighted by atomic mass is 32.1. The maximum absolute atomic E-state index is 13.2. The summed E-state index contributed by atoms with van der Waals surface area (Å²) in [5.41, 5.74) is 3.13. The van der Waals surface area contributed by atoms with Crippen molar-refractivity contribution in [3.8, 4) is 0 Å². The minimum atomic E-state index is -0.108. The number of aromatic nitrogens is 2. The van der Waals surface area contributed by atoms with Crippen LogP contribution in [-0.4, -0.2) is 27.4 Å². The Labute approximate surface area is 185 Å². The lowest BCUT2D eigenvalue weighted by Crippen LogP contribution is -2.29. The smallest absolute Gasteiger partial charge is 0.272 e. The number of hydrogen-bond acceptors (Lipinski definition) is 4. The summed E-state index contributed by atoms with van der Waals surface area (Å²) in [6.07, 6.45) is 1.36. The Kier molecular flexibility index (Phi) is 6.57. The molecule has 0 unspecified atom stereocenters. The summed E-state index contributed by atoms with van der Waals surface area (Å²) in [4.78, 5) is 33.3. The van der Waals surface area contributed by atoms with Gasteiger partial charge in [0.25, 0.3) is 5.56 Å². The molecule has 0 aliphatic heterocycles. The van der Waals surface area contributed by atoms with Gasteiger partial charge in [-0.05, 0) is 35.6 Å². The van der Waals surface area contributed by atoms with Crippen LogP contribution < -0.4 is 5.56 Å². The number of carbonyl (C=O) groups is 1. The first-order chi connectivity index (χ1) is 15.1. The molecule has 0 aliphatic rings. The van der Waals surface area contributed by atoms with E-state index in [0.717, 1.165) is 22.3 Å². The zero-order chi connectivity index (χ0) is 21.6. The van der Waals surface area contributed by atoms with Crippen molar-refractivity contribution in [1.82, 2.24) is 14.5 Å². The Hall–Kier alpha value is -3.25. The highest BCUT2D eigenvalue weighted by Crippen LogP contribution is 2.14. The van der Waals surface area contributed by atoms with Crippen molar-refractivity contribution in [1.29, 1.82) is 0 Å². The van der Waals surface area contributed by atoms with E-state index in [-0.39, 0.29) is 17.9 Å². The Morgan fingerprint density at radius 1 is 1.00 bits per heavy atom. The predicted molar refractivity (Wildman–Crippen MR) is 125 cm³/mol. The van der Waals surface area contributed by atoms with Gasteiger partial charge in [-0.3, -0.25) is 9.59 Å². The molecule has 5 nitrogen and oxygen atoms in total. The van der Waals surface area contributed by atoms with Gasteiger partial charge in [-0.2, -0.15) is 0 Å². The van der Waals surface area contributed by atoms with E-state index >= 15 is 0 Å². The molecule has 158 valence electrons. The summed E-state index contributed by atoms with van der Waals surface area (Å²) >= 11 is 1.63. The molecule has 31 heavy (non-hydrogen) atoms. The molecule has 0 fully saturated rings. The Bertz CT molecular complexity index is 1220. The van der Waals surface area contributed by atoms with Crippen LogP contribution in [0.15, 0.2) is 76.9 Å². The molecule has 0 aliphatic carbocycles. The van der Waals surface area contributed by atoms with Crippen LogP contribution in [-0.2, 0) is 30.7 Å². The van der Waals surface area contributed by atoms with E-state index in [1.165, 1.54) is 5.56 Å². The molecule has 0 radical (unpaired) electrons. The fourth-order valence-corrected chi connectivity index (χ4v) is 4.41. The second-order valence-corrected chi connectivity index (χ2v) is 8.60. The zero-order valence-electron chi connectivity index (χ0n) is 17.5. The summed E-state index contributed by atoms with van der Waals surface area (Å²) in [5, 5.41) is 2.00. The monoisotopic (exact) mass is 431 g/mol. The van der Waals surface area contributed by atoms with Crippen molar-refractivity contribution in [2.45, 2.75) is 32.4 Å². The number of hydrogen-bond donors (Lipinski definition) is 0. The molecular formula is C25H25N3O2S. The highest BCUT2D eigenvalue weighted by molar-refractivity contribution is 7.09. The summed E-state index contributed by atoms with van der Waals surface area (Å²) in [7, 11) is 1.80. The van der Waals surface area contributed by atoms with E-state index in [4.69, 9.17) is 0 Å². The summed E-state index contributed by atoms with van der Waals surface area (Å²) in [6, 6.07) is 21.8. The van der Waals surface area contributed by atoms with Gasteiger partial charge in [-0.1, -0.05) is 48.5 Å². The fraction of sp³-hybridized carbons (Fsp3) is 0.240. The van der Waals surface area contributed by atoms with Crippen LogP contribution in [0.5, 0.6) is 0 Å². The van der Waals surface area contributed by atoms with Crippen LogP contribution in [0.2, 0.25) is 0 Å². The van der Waals surface area contributed by atoms with Crippen molar-refractivity contribution < 1.29 is 4.79 Å². The number of benzene rings is 2. The maximum Gasteiger partial charge on any atom is 0.272 e. The molecular weight excluding hydrogens is 406 g/mol. The Morgan fingerprint density at radius 3 is 2.55 bits per heavy atom. The molecule has 0 bridgehead atoms. The van der Waals surface area contributed by atoms with Crippen LogP contribution in [0.4, 0.5) is 0 Å². The van der Waals surface area contributed by atoms with Crippen LogP contribution >= 0.6 is 11.3 Å². The third kappa shape index (κ3) is 5.09. The number of thiophene rings is 1. The standard InChI is InChI=1S/C25H25N3O2S/c1-27(18-20-10-7-17-31-20)24(29)14-13-22-25(30)28(16-15-19-8-3-2-4-9-19)23-12-6-5-11-21(23)26-22/h2-12,17H,13-16,18H2,1H3. The van der Waals surface area contributed by atoms with Crippen molar-refractivity contribution in [3.63, 3.8) is 0 Å². The quantitative estimate of drug-likeness (QED) is 0.418. The Balaban J connectivity index is 1.53. The SMILES string of the molecule is CN(Cc1cccs1)C(=O)CCc1nc2ccccc2n(CCc2ccccc2)c1=O. The lowest BCUT2D eigenvalue weighted by molar-refractivity contribution is -0.130.